The van der Waals surface area contributed by atoms with Gasteiger partial charge in [0.05, 0.1) is 33.6 Å². The normalized spacial score (nSPS) is 25.4. The van der Waals surface area contributed by atoms with E-state index in [4.69, 9.17) is 16.6 Å². The van der Waals surface area contributed by atoms with Gasteiger partial charge >= 0.3 is 0 Å². The van der Waals surface area contributed by atoms with Crippen molar-refractivity contribution < 1.29 is 9.59 Å². The molecule has 0 unspecified atom stereocenters. The first-order valence-electron chi connectivity index (χ1n) is 12.5. The molecule has 1 heterocycles. The maximum atomic E-state index is 14.4. The standard InChI is InChI=1S/C32H23ClN2O2/c1-19-10-2-8-16-25(19)34-18-32-22-13-5-3-11-20(22)27(21-12-4-6-14-23(21)32)28-29(32)31(37)35(30(28)36)26-17-9-7-15-24(26)33/h2-18,27-29H,1H3/t27?,28-,29+,32?/m0/s1. The summed E-state index contributed by atoms with van der Waals surface area (Å²) in [6.07, 6.45) is 1.93. The van der Waals surface area contributed by atoms with E-state index in [9.17, 15) is 9.59 Å². The summed E-state index contributed by atoms with van der Waals surface area (Å²) in [5.41, 5.74) is 5.69. The second-order valence-corrected chi connectivity index (χ2v) is 10.4. The van der Waals surface area contributed by atoms with Crippen LogP contribution in [-0.2, 0) is 15.0 Å². The molecule has 2 atom stereocenters. The van der Waals surface area contributed by atoms with Gasteiger partial charge in [0.2, 0.25) is 11.8 Å². The Morgan fingerprint density at radius 3 is 2.05 bits per heavy atom. The first-order chi connectivity index (χ1) is 18.0. The summed E-state index contributed by atoms with van der Waals surface area (Å²) in [4.78, 5) is 34.9. The van der Waals surface area contributed by atoms with Crippen molar-refractivity contribution in [2.75, 3.05) is 4.90 Å². The third kappa shape index (κ3) is 2.88. The molecule has 0 N–H and O–H groups in total. The molecule has 4 aromatic rings. The minimum atomic E-state index is -0.891. The minimum absolute atomic E-state index is 0.203. The van der Waals surface area contributed by atoms with Gasteiger partial charge in [0.25, 0.3) is 0 Å². The molecule has 0 radical (unpaired) electrons. The van der Waals surface area contributed by atoms with Crippen LogP contribution < -0.4 is 4.90 Å². The molecule has 8 rings (SSSR count). The van der Waals surface area contributed by atoms with Gasteiger partial charge in [-0.3, -0.25) is 14.6 Å². The van der Waals surface area contributed by atoms with E-state index in [0.717, 1.165) is 33.5 Å². The summed E-state index contributed by atoms with van der Waals surface area (Å²) in [7, 11) is 0. The SMILES string of the molecule is Cc1ccccc1N=CC12c3ccccc3C(c3ccccc31)[C@@H]1C(=O)N(c3ccccc3Cl)C(=O)[C@@H]12. The Hall–Kier alpha value is -4.02. The lowest BCUT2D eigenvalue weighted by Crippen LogP contribution is -2.54. The predicted molar refractivity (Wildman–Crippen MR) is 146 cm³/mol. The molecule has 180 valence electrons. The first kappa shape index (κ1) is 22.2. The van der Waals surface area contributed by atoms with Crippen LogP contribution in [0.15, 0.2) is 102 Å². The highest BCUT2D eigenvalue weighted by Gasteiger charge is 2.68. The van der Waals surface area contributed by atoms with E-state index in [1.54, 1.807) is 24.3 Å². The first-order valence-corrected chi connectivity index (χ1v) is 12.8. The highest BCUT2D eigenvalue weighted by atomic mass is 35.5. The van der Waals surface area contributed by atoms with Gasteiger partial charge in [0.15, 0.2) is 0 Å². The van der Waals surface area contributed by atoms with Crippen LogP contribution in [0.2, 0.25) is 5.02 Å². The Kier molecular flexibility index (Phi) is 4.79. The highest BCUT2D eigenvalue weighted by molar-refractivity contribution is 6.36. The summed E-state index contributed by atoms with van der Waals surface area (Å²) >= 11 is 6.52. The Labute approximate surface area is 220 Å². The minimum Gasteiger partial charge on any atom is -0.274 e. The Morgan fingerprint density at radius 1 is 0.784 bits per heavy atom. The molecule has 4 aliphatic rings. The largest absolute Gasteiger partial charge is 0.274 e. The average Bonchev–Trinajstić information content (AvgIpc) is 3.19. The molecule has 0 saturated carbocycles. The topological polar surface area (TPSA) is 49.7 Å². The molecule has 2 bridgehead atoms. The Balaban J connectivity index is 1.53. The number of hydrogen-bond donors (Lipinski definition) is 0. The van der Waals surface area contributed by atoms with E-state index < -0.39 is 17.3 Å². The molecular formula is C32H23ClN2O2. The summed E-state index contributed by atoms with van der Waals surface area (Å²) in [6.45, 7) is 2.02. The van der Waals surface area contributed by atoms with Crippen molar-refractivity contribution >= 4 is 41.0 Å². The molecule has 1 saturated heterocycles. The number of imide groups is 1. The van der Waals surface area contributed by atoms with Crippen LogP contribution in [-0.4, -0.2) is 18.0 Å². The number of amides is 2. The molecule has 2 amide bonds. The van der Waals surface area contributed by atoms with Gasteiger partial charge < -0.3 is 0 Å². The van der Waals surface area contributed by atoms with Crippen LogP contribution in [0, 0.1) is 18.8 Å². The molecule has 4 aromatic carbocycles. The maximum absolute atomic E-state index is 14.4. The number of rotatable bonds is 3. The van der Waals surface area contributed by atoms with E-state index >= 15 is 0 Å². The molecule has 0 spiro atoms. The molecular weight excluding hydrogens is 480 g/mol. The molecule has 1 fully saturated rings. The molecule has 1 aliphatic heterocycles. The zero-order valence-electron chi connectivity index (χ0n) is 20.1. The van der Waals surface area contributed by atoms with Crippen molar-refractivity contribution in [1.82, 2.24) is 0 Å². The van der Waals surface area contributed by atoms with E-state index in [1.165, 1.54) is 4.90 Å². The fraction of sp³-hybridized carbons (Fsp3) is 0.156. The van der Waals surface area contributed by atoms with Gasteiger partial charge in [-0.25, -0.2) is 4.90 Å². The number of aryl methyl sites for hydroxylation is 1. The van der Waals surface area contributed by atoms with Crippen LogP contribution in [0.5, 0.6) is 0 Å². The summed E-state index contributed by atoms with van der Waals surface area (Å²) in [5, 5.41) is 0.382. The van der Waals surface area contributed by atoms with Crippen molar-refractivity contribution in [1.29, 1.82) is 0 Å². The summed E-state index contributed by atoms with van der Waals surface area (Å²) < 4.78 is 0. The number of nitrogens with zero attached hydrogens (tertiary/aromatic N) is 2. The van der Waals surface area contributed by atoms with E-state index in [0.29, 0.717) is 10.7 Å². The Bertz CT molecular complexity index is 1590. The molecule has 4 nitrogen and oxygen atoms in total. The van der Waals surface area contributed by atoms with Crippen LogP contribution in [0.3, 0.4) is 0 Å². The van der Waals surface area contributed by atoms with Crippen molar-refractivity contribution in [3.05, 3.63) is 130 Å². The van der Waals surface area contributed by atoms with Crippen LogP contribution in [0.1, 0.15) is 33.7 Å². The van der Waals surface area contributed by atoms with Gasteiger partial charge in [-0.15, -0.1) is 0 Å². The zero-order chi connectivity index (χ0) is 25.3. The summed E-state index contributed by atoms with van der Waals surface area (Å²) in [6, 6.07) is 31.4. The van der Waals surface area contributed by atoms with Crippen molar-refractivity contribution in [3.63, 3.8) is 0 Å². The lowest BCUT2D eigenvalue weighted by molar-refractivity contribution is -0.122. The number of anilines is 1. The number of benzene rings is 4. The number of carbonyl (C=O) groups excluding carboxylic acids is 2. The van der Waals surface area contributed by atoms with E-state index in [-0.39, 0.29) is 17.7 Å². The number of para-hydroxylation sites is 2. The average molecular weight is 503 g/mol. The fourth-order valence-corrected chi connectivity index (χ4v) is 7.02. The van der Waals surface area contributed by atoms with Crippen LogP contribution in [0.25, 0.3) is 0 Å². The van der Waals surface area contributed by atoms with E-state index in [2.05, 4.69) is 24.3 Å². The second-order valence-electron chi connectivity index (χ2n) is 10.0. The number of aliphatic imine (C=N–C) groups is 1. The van der Waals surface area contributed by atoms with Gasteiger partial charge in [0.1, 0.15) is 0 Å². The lowest BCUT2D eigenvalue weighted by atomic mass is 9.47. The third-order valence-electron chi connectivity index (χ3n) is 8.30. The molecule has 37 heavy (non-hydrogen) atoms. The van der Waals surface area contributed by atoms with Crippen molar-refractivity contribution in [3.8, 4) is 0 Å². The van der Waals surface area contributed by atoms with Crippen LogP contribution in [0.4, 0.5) is 11.4 Å². The number of hydrogen-bond acceptors (Lipinski definition) is 3. The van der Waals surface area contributed by atoms with Crippen molar-refractivity contribution in [2.24, 2.45) is 16.8 Å². The molecule has 5 heteroatoms. The monoisotopic (exact) mass is 502 g/mol. The second kappa shape index (κ2) is 7.99. The smallest absolute Gasteiger partial charge is 0.239 e. The third-order valence-corrected chi connectivity index (χ3v) is 8.62. The van der Waals surface area contributed by atoms with E-state index in [1.807, 2.05) is 61.7 Å². The fourth-order valence-electron chi connectivity index (χ4n) is 6.80. The lowest BCUT2D eigenvalue weighted by Gasteiger charge is -2.52. The number of halogens is 1. The van der Waals surface area contributed by atoms with Gasteiger partial charge in [-0.2, -0.15) is 0 Å². The van der Waals surface area contributed by atoms with Crippen molar-refractivity contribution in [2.45, 2.75) is 18.3 Å². The quantitative estimate of drug-likeness (QED) is 0.234. The summed E-state index contributed by atoms with van der Waals surface area (Å²) in [5.74, 6) is -1.81. The predicted octanol–water partition coefficient (Wildman–Crippen LogP) is 6.60. The van der Waals surface area contributed by atoms with Gasteiger partial charge in [-0.1, -0.05) is 90.5 Å². The van der Waals surface area contributed by atoms with Gasteiger partial charge in [-0.05, 0) is 52.9 Å². The highest BCUT2D eigenvalue weighted by Crippen LogP contribution is 2.64. The maximum Gasteiger partial charge on any atom is 0.239 e. The molecule has 0 aromatic heterocycles. The van der Waals surface area contributed by atoms with Crippen LogP contribution >= 0.6 is 11.6 Å². The Morgan fingerprint density at radius 2 is 1.38 bits per heavy atom. The number of carbonyl (C=O) groups is 2. The van der Waals surface area contributed by atoms with Gasteiger partial charge in [0, 0.05) is 12.1 Å². The zero-order valence-corrected chi connectivity index (χ0v) is 20.9. The molecule has 3 aliphatic carbocycles.